The van der Waals surface area contributed by atoms with Crippen molar-refractivity contribution in [1.29, 1.82) is 0 Å². The molecule has 21 heavy (non-hydrogen) atoms. The van der Waals surface area contributed by atoms with Gasteiger partial charge in [-0.15, -0.1) is 0 Å². The van der Waals surface area contributed by atoms with E-state index in [0.29, 0.717) is 17.9 Å². The summed E-state index contributed by atoms with van der Waals surface area (Å²) in [6, 6.07) is 5.26. The molecule has 0 aromatic heterocycles. The van der Waals surface area contributed by atoms with Crippen LogP contribution >= 0.6 is 15.9 Å². The summed E-state index contributed by atoms with van der Waals surface area (Å²) in [4.78, 5) is 23.8. The summed E-state index contributed by atoms with van der Waals surface area (Å²) >= 11 is 3.33. The zero-order valence-corrected chi connectivity index (χ0v) is 14.0. The average molecular weight is 357 g/mol. The highest BCUT2D eigenvalue weighted by Gasteiger charge is 2.14. The Morgan fingerprint density at radius 2 is 2.00 bits per heavy atom. The fraction of sp³-hybridized carbons (Fsp3) is 0.467. The van der Waals surface area contributed by atoms with Crippen LogP contribution in [0.5, 0.6) is 5.75 Å². The lowest BCUT2D eigenvalue weighted by Crippen LogP contribution is -2.26. The molecule has 0 saturated heterocycles. The van der Waals surface area contributed by atoms with E-state index in [1.807, 2.05) is 13.1 Å². The molecule has 6 heteroatoms. The number of carbonyl (C=O) groups is 2. The van der Waals surface area contributed by atoms with Crippen molar-refractivity contribution in [2.75, 3.05) is 27.2 Å². The fourth-order valence-electron chi connectivity index (χ4n) is 1.84. The largest absolute Gasteiger partial charge is 0.496 e. The number of hydrogen-bond acceptors (Lipinski definition) is 4. The monoisotopic (exact) mass is 356 g/mol. The smallest absolute Gasteiger partial charge is 0.220 e. The number of ether oxygens (including phenoxy) is 1. The van der Waals surface area contributed by atoms with Gasteiger partial charge in [0.25, 0.3) is 0 Å². The first kappa shape index (κ1) is 17.7. The Morgan fingerprint density at radius 3 is 2.67 bits per heavy atom. The van der Waals surface area contributed by atoms with Gasteiger partial charge in [-0.1, -0.05) is 15.9 Å². The maximum atomic E-state index is 12.2. The van der Waals surface area contributed by atoms with Crippen LogP contribution in [0.15, 0.2) is 22.7 Å². The molecule has 1 rings (SSSR count). The quantitative estimate of drug-likeness (QED) is 0.525. The number of hydrogen-bond donors (Lipinski definition) is 2. The lowest BCUT2D eigenvalue weighted by molar-refractivity contribution is -0.121. The zero-order chi connectivity index (χ0) is 15.7. The van der Waals surface area contributed by atoms with E-state index in [-0.39, 0.29) is 24.5 Å². The van der Waals surface area contributed by atoms with Crippen molar-refractivity contribution in [1.82, 2.24) is 10.6 Å². The van der Waals surface area contributed by atoms with Crippen LogP contribution in [0.4, 0.5) is 0 Å². The molecule has 1 aromatic rings. The lowest BCUT2D eigenvalue weighted by atomic mass is 10.1. The second-order valence-electron chi connectivity index (χ2n) is 4.57. The van der Waals surface area contributed by atoms with Crippen LogP contribution < -0.4 is 15.4 Å². The predicted molar refractivity (Wildman–Crippen MR) is 85.8 cm³/mol. The molecule has 0 bridgehead atoms. The van der Waals surface area contributed by atoms with Gasteiger partial charge in [0.2, 0.25) is 5.91 Å². The van der Waals surface area contributed by atoms with Crippen LogP contribution in [0, 0.1) is 0 Å². The Bertz CT molecular complexity index is 492. The van der Waals surface area contributed by atoms with E-state index in [4.69, 9.17) is 4.74 Å². The third-order valence-electron chi connectivity index (χ3n) is 2.97. The average Bonchev–Trinajstić information content (AvgIpc) is 2.49. The van der Waals surface area contributed by atoms with Crippen molar-refractivity contribution in [2.45, 2.75) is 19.3 Å². The molecule has 2 N–H and O–H groups in total. The maximum absolute atomic E-state index is 12.2. The molecule has 116 valence electrons. The third-order valence-corrected chi connectivity index (χ3v) is 3.46. The van der Waals surface area contributed by atoms with Gasteiger partial charge in [0, 0.05) is 23.9 Å². The fourth-order valence-corrected chi connectivity index (χ4v) is 2.20. The summed E-state index contributed by atoms with van der Waals surface area (Å²) in [7, 11) is 3.39. The van der Waals surface area contributed by atoms with Gasteiger partial charge in [-0.2, -0.15) is 0 Å². The Morgan fingerprint density at radius 1 is 1.24 bits per heavy atom. The van der Waals surface area contributed by atoms with E-state index in [1.165, 1.54) is 7.11 Å². The Hall–Kier alpha value is -1.40. The molecule has 0 aliphatic carbocycles. The molecule has 0 aliphatic heterocycles. The summed E-state index contributed by atoms with van der Waals surface area (Å²) in [5.74, 6) is 0.324. The maximum Gasteiger partial charge on any atom is 0.220 e. The predicted octanol–water partition coefficient (Wildman–Crippen LogP) is 2.15. The number of nitrogens with one attached hydrogen (secondary N) is 2. The molecule has 0 spiro atoms. The lowest BCUT2D eigenvalue weighted by Gasteiger charge is -2.08. The van der Waals surface area contributed by atoms with Crippen LogP contribution in [0.1, 0.15) is 29.6 Å². The van der Waals surface area contributed by atoms with Gasteiger partial charge in [-0.3, -0.25) is 9.59 Å². The van der Waals surface area contributed by atoms with Crippen molar-refractivity contribution in [2.24, 2.45) is 0 Å². The molecule has 0 radical (unpaired) electrons. The minimum absolute atomic E-state index is 0.0986. The molecule has 1 aromatic carbocycles. The summed E-state index contributed by atoms with van der Waals surface area (Å²) in [6.45, 7) is 1.47. The van der Waals surface area contributed by atoms with Gasteiger partial charge >= 0.3 is 0 Å². The van der Waals surface area contributed by atoms with Crippen molar-refractivity contribution < 1.29 is 14.3 Å². The summed E-state index contributed by atoms with van der Waals surface area (Å²) < 4.78 is 5.98. The minimum Gasteiger partial charge on any atom is -0.496 e. The van der Waals surface area contributed by atoms with Crippen LogP contribution in [0.25, 0.3) is 0 Å². The molecule has 0 aliphatic rings. The second-order valence-corrected chi connectivity index (χ2v) is 5.49. The van der Waals surface area contributed by atoms with Crippen LogP contribution in [0.2, 0.25) is 0 Å². The van der Waals surface area contributed by atoms with Gasteiger partial charge in [0.15, 0.2) is 5.78 Å². The van der Waals surface area contributed by atoms with Crippen molar-refractivity contribution in [3.63, 3.8) is 0 Å². The normalized spacial score (nSPS) is 10.2. The molecule has 1 amide bonds. The van der Waals surface area contributed by atoms with E-state index < -0.39 is 0 Å². The molecule has 0 unspecified atom stereocenters. The number of carbonyl (C=O) groups excluding carboxylic acids is 2. The van der Waals surface area contributed by atoms with Gasteiger partial charge < -0.3 is 15.4 Å². The number of Topliss-reactive ketones (excluding diaryl/α,β-unsaturated/α-hetero) is 1. The van der Waals surface area contributed by atoms with Gasteiger partial charge in [-0.25, -0.2) is 0 Å². The summed E-state index contributed by atoms with van der Waals surface area (Å²) in [5.41, 5.74) is 0.495. The molecular weight excluding hydrogens is 336 g/mol. The second kappa shape index (κ2) is 9.52. The van der Waals surface area contributed by atoms with Gasteiger partial charge in [0.1, 0.15) is 5.75 Å². The van der Waals surface area contributed by atoms with Crippen LogP contribution in [0.3, 0.4) is 0 Å². The molecule has 0 heterocycles. The van der Waals surface area contributed by atoms with Crippen molar-refractivity contribution in [3.8, 4) is 5.75 Å². The highest BCUT2D eigenvalue weighted by atomic mass is 79.9. The first-order chi connectivity index (χ1) is 10.1. The molecule has 0 saturated carbocycles. The first-order valence-corrected chi connectivity index (χ1v) is 7.65. The van der Waals surface area contributed by atoms with E-state index in [2.05, 4.69) is 26.6 Å². The standard InChI is InChI=1S/C15H21BrN2O3/c1-17-8-3-9-18-15(20)7-5-13(19)12-10-11(16)4-6-14(12)21-2/h4,6,10,17H,3,5,7-9H2,1-2H3,(H,18,20). The number of amides is 1. The minimum atomic E-state index is -0.103. The van der Waals surface area contributed by atoms with E-state index in [9.17, 15) is 9.59 Å². The van der Waals surface area contributed by atoms with Gasteiger partial charge in [0.05, 0.1) is 12.7 Å². The number of methoxy groups -OCH3 is 1. The van der Waals surface area contributed by atoms with Crippen molar-refractivity contribution >= 4 is 27.6 Å². The summed E-state index contributed by atoms with van der Waals surface area (Å²) in [6.07, 6.45) is 1.23. The van der Waals surface area contributed by atoms with Gasteiger partial charge in [-0.05, 0) is 38.2 Å². The van der Waals surface area contributed by atoms with E-state index in [1.54, 1.807) is 12.1 Å². The highest BCUT2D eigenvalue weighted by Crippen LogP contribution is 2.24. The number of benzene rings is 1. The van der Waals surface area contributed by atoms with Crippen LogP contribution in [-0.4, -0.2) is 38.9 Å². The van der Waals surface area contributed by atoms with Crippen LogP contribution in [-0.2, 0) is 4.79 Å². The topological polar surface area (TPSA) is 67.4 Å². The Balaban J connectivity index is 2.46. The summed E-state index contributed by atoms with van der Waals surface area (Å²) in [5, 5.41) is 5.80. The number of ketones is 1. The SMILES string of the molecule is CNCCCNC(=O)CCC(=O)c1cc(Br)ccc1OC. The van der Waals surface area contributed by atoms with E-state index >= 15 is 0 Å². The third kappa shape index (κ3) is 6.27. The first-order valence-electron chi connectivity index (χ1n) is 6.86. The molecule has 5 nitrogen and oxygen atoms in total. The Labute approximate surface area is 133 Å². The zero-order valence-electron chi connectivity index (χ0n) is 12.4. The van der Waals surface area contributed by atoms with E-state index in [0.717, 1.165) is 17.4 Å². The molecule has 0 fully saturated rings. The Kier molecular flexibility index (Phi) is 8.00. The van der Waals surface area contributed by atoms with Crippen molar-refractivity contribution in [3.05, 3.63) is 28.2 Å². The molecular formula is C15H21BrN2O3. The number of halogens is 1. The number of rotatable bonds is 9. The molecule has 0 atom stereocenters. The highest BCUT2D eigenvalue weighted by molar-refractivity contribution is 9.10.